The largest absolute Gasteiger partial charge is 0.478 e. The topological polar surface area (TPSA) is 101 Å². The van der Waals surface area contributed by atoms with Crippen LogP contribution in [0.3, 0.4) is 0 Å². The van der Waals surface area contributed by atoms with Crippen LogP contribution in [0.1, 0.15) is 13.3 Å². The van der Waals surface area contributed by atoms with E-state index in [4.69, 9.17) is 14.9 Å². The predicted octanol–water partition coefficient (Wildman–Crippen LogP) is 0.590. The third-order valence-electron chi connectivity index (χ3n) is 1.67. The summed E-state index contributed by atoms with van der Waals surface area (Å²) in [4.78, 5) is 32.0. The molecular formula is C10H12O6. The highest BCUT2D eigenvalue weighted by Crippen LogP contribution is 2.12. The zero-order valence-electron chi connectivity index (χ0n) is 8.67. The molecule has 0 amide bonds. The minimum Gasteiger partial charge on any atom is -0.478 e. The third-order valence-corrected chi connectivity index (χ3v) is 1.67. The van der Waals surface area contributed by atoms with Crippen LogP contribution in [0.2, 0.25) is 0 Å². The Morgan fingerprint density at radius 3 is 2.25 bits per heavy atom. The van der Waals surface area contributed by atoms with Crippen LogP contribution in [0.4, 0.5) is 0 Å². The SMILES string of the molecule is C=CC(=O)OC(CC)/C(=C/C(=O)O)C(=O)O. The van der Waals surface area contributed by atoms with Gasteiger partial charge >= 0.3 is 17.9 Å². The Hall–Kier alpha value is -2.11. The molecule has 2 N–H and O–H groups in total. The standard InChI is InChI=1S/C10H12O6/c1-3-7(16-9(13)4-2)6(10(14)15)5-8(11)12/h4-5,7H,2-3H2,1H3,(H,11,12)(H,14,15)/b6-5-. The van der Waals surface area contributed by atoms with Crippen LogP contribution < -0.4 is 0 Å². The maximum atomic E-state index is 10.9. The van der Waals surface area contributed by atoms with Crippen LogP contribution >= 0.6 is 0 Å². The summed E-state index contributed by atoms with van der Waals surface area (Å²) in [5.41, 5.74) is -0.481. The summed E-state index contributed by atoms with van der Waals surface area (Å²) < 4.78 is 4.70. The molecule has 0 radical (unpaired) electrons. The van der Waals surface area contributed by atoms with Crippen LogP contribution in [-0.2, 0) is 19.1 Å². The molecule has 0 saturated heterocycles. The molecule has 0 saturated carbocycles. The van der Waals surface area contributed by atoms with Gasteiger partial charge in [0.15, 0.2) is 0 Å². The highest BCUT2D eigenvalue weighted by Gasteiger charge is 2.23. The van der Waals surface area contributed by atoms with Crippen molar-refractivity contribution in [1.29, 1.82) is 0 Å². The van der Waals surface area contributed by atoms with Crippen LogP contribution in [0.5, 0.6) is 0 Å². The molecule has 0 bridgehead atoms. The van der Waals surface area contributed by atoms with Crippen molar-refractivity contribution in [2.24, 2.45) is 0 Å². The van der Waals surface area contributed by atoms with Crippen LogP contribution in [0, 0.1) is 0 Å². The van der Waals surface area contributed by atoms with Crippen molar-refractivity contribution in [1.82, 2.24) is 0 Å². The average Bonchev–Trinajstić information content (AvgIpc) is 2.21. The van der Waals surface area contributed by atoms with E-state index in [1.165, 1.54) is 0 Å². The predicted molar refractivity (Wildman–Crippen MR) is 53.7 cm³/mol. The van der Waals surface area contributed by atoms with Crippen molar-refractivity contribution < 1.29 is 29.3 Å². The fraction of sp³-hybridized carbons (Fsp3) is 0.300. The van der Waals surface area contributed by atoms with Crippen molar-refractivity contribution in [3.63, 3.8) is 0 Å². The lowest BCUT2D eigenvalue weighted by molar-refractivity contribution is -0.144. The summed E-state index contributed by atoms with van der Waals surface area (Å²) in [7, 11) is 0. The number of aliphatic carboxylic acids is 2. The maximum absolute atomic E-state index is 10.9. The highest BCUT2D eigenvalue weighted by atomic mass is 16.5. The smallest absolute Gasteiger partial charge is 0.335 e. The van der Waals surface area contributed by atoms with Crippen molar-refractivity contribution in [2.45, 2.75) is 19.4 Å². The summed E-state index contributed by atoms with van der Waals surface area (Å²) >= 11 is 0. The number of ether oxygens (including phenoxy) is 1. The Kier molecular flexibility index (Phi) is 5.55. The molecule has 6 nitrogen and oxygen atoms in total. The van der Waals surface area contributed by atoms with Crippen molar-refractivity contribution >= 4 is 17.9 Å². The molecule has 6 heteroatoms. The average molecular weight is 228 g/mol. The number of esters is 1. The first-order chi connectivity index (χ1) is 7.42. The second-order valence-corrected chi connectivity index (χ2v) is 2.78. The minimum absolute atomic E-state index is 0.158. The number of carboxylic acids is 2. The van der Waals surface area contributed by atoms with Gasteiger partial charge in [0.1, 0.15) is 6.10 Å². The molecule has 88 valence electrons. The van der Waals surface area contributed by atoms with Crippen LogP contribution in [0.25, 0.3) is 0 Å². The number of carbonyl (C=O) groups is 3. The number of hydrogen-bond donors (Lipinski definition) is 2. The zero-order valence-corrected chi connectivity index (χ0v) is 8.67. The number of rotatable bonds is 6. The monoisotopic (exact) mass is 228 g/mol. The van der Waals surface area contributed by atoms with Gasteiger partial charge in [0.2, 0.25) is 0 Å². The lowest BCUT2D eigenvalue weighted by Gasteiger charge is -2.15. The van der Waals surface area contributed by atoms with E-state index in [9.17, 15) is 14.4 Å². The summed E-state index contributed by atoms with van der Waals surface area (Å²) in [5.74, 6) is -3.65. The van der Waals surface area contributed by atoms with E-state index in [2.05, 4.69) is 6.58 Å². The summed E-state index contributed by atoms with van der Waals surface area (Å²) in [6.07, 6.45) is 0.444. The van der Waals surface area contributed by atoms with E-state index in [1.54, 1.807) is 6.92 Å². The summed E-state index contributed by atoms with van der Waals surface area (Å²) in [6, 6.07) is 0. The molecule has 0 aromatic heterocycles. The van der Waals surface area contributed by atoms with Gasteiger partial charge in [0.25, 0.3) is 0 Å². The Morgan fingerprint density at radius 2 is 1.94 bits per heavy atom. The molecule has 0 aliphatic rings. The highest BCUT2D eigenvalue weighted by molar-refractivity contribution is 5.96. The maximum Gasteiger partial charge on any atom is 0.335 e. The Balaban J connectivity index is 5.00. The Morgan fingerprint density at radius 1 is 1.38 bits per heavy atom. The molecule has 0 spiro atoms. The number of carboxylic acid groups (broad SMARTS) is 2. The van der Waals surface area contributed by atoms with Crippen molar-refractivity contribution in [2.75, 3.05) is 0 Å². The van der Waals surface area contributed by atoms with Crippen LogP contribution in [-0.4, -0.2) is 34.2 Å². The van der Waals surface area contributed by atoms with E-state index in [-0.39, 0.29) is 6.42 Å². The molecule has 1 atom stereocenters. The quantitative estimate of drug-likeness (QED) is 0.509. The van der Waals surface area contributed by atoms with E-state index >= 15 is 0 Å². The first kappa shape index (κ1) is 13.9. The Bertz CT molecular complexity index is 341. The number of carbonyl (C=O) groups excluding carboxylic acids is 1. The molecule has 16 heavy (non-hydrogen) atoms. The Labute approximate surface area is 91.8 Å². The molecular weight excluding hydrogens is 216 g/mol. The van der Waals surface area contributed by atoms with Gasteiger partial charge in [-0.05, 0) is 6.42 Å². The molecule has 0 aliphatic carbocycles. The number of hydrogen-bond acceptors (Lipinski definition) is 4. The van der Waals surface area contributed by atoms with E-state index in [1.807, 2.05) is 0 Å². The van der Waals surface area contributed by atoms with Crippen LogP contribution in [0.15, 0.2) is 24.3 Å². The molecule has 0 aliphatic heterocycles. The second kappa shape index (κ2) is 6.39. The molecule has 0 rings (SSSR count). The fourth-order valence-electron chi connectivity index (χ4n) is 0.980. The summed E-state index contributed by atoms with van der Waals surface area (Å²) in [6.45, 7) is 4.72. The molecule has 0 aromatic carbocycles. The lowest BCUT2D eigenvalue weighted by atomic mass is 10.1. The summed E-state index contributed by atoms with van der Waals surface area (Å²) in [5, 5.41) is 17.2. The van der Waals surface area contributed by atoms with Gasteiger partial charge in [-0.1, -0.05) is 13.5 Å². The normalized spacial score (nSPS) is 12.7. The van der Waals surface area contributed by atoms with Gasteiger partial charge in [0.05, 0.1) is 5.57 Å². The fourth-order valence-corrected chi connectivity index (χ4v) is 0.980. The zero-order chi connectivity index (χ0) is 12.7. The minimum atomic E-state index is -1.44. The van der Waals surface area contributed by atoms with E-state index in [0.29, 0.717) is 6.08 Å². The van der Waals surface area contributed by atoms with Gasteiger partial charge < -0.3 is 14.9 Å². The molecule has 0 heterocycles. The van der Waals surface area contributed by atoms with Gasteiger partial charge in [0, 0.05) is 12.2 Å². The van der Waals surface area contributed by atoms with E-state index < -0.39 is 29.6 Å². The molecule has 0 fully saturated rings. The van der Waals surface area contributed by atoms with Gasteiger partial charge in [-0.3, -0.25) is 0 Å². The first-order valence-electron chi connectivity index (χ1n) is 4.43. The molecule has 1 unspecified atom stereocenters. The first-order valence-corrected chi connectivity index (χ1v) is 4.43. The van der Waals surface area contributed by atoms with Gasteiger partial charge in [-0.25, -0.2) is 14.4 Å². The van der Waals surface area contributed by atoms with Crippen molar-refractivity contribution in [3.05, 3.63) is 24.3 Å². The molecule has 0 aromatic rings. The van der Waals surface area contributed by atoms with Gasteiger partial charge in [-0.15, -0.1) is 0 Å². The van der Waals surface area contributed by atoms with E-state index in [0.717, 1.165) is 6.08 Å². The second-order valence-electron chi connectivity index (χ2n) is 2.78. The van der Waals surface area contributed by atoms with Gasteiger partial charge in [-0.2, -0.15) is 0 Å². The van der Waals surface area contributed by atoms with Crippen molar-refractivity contribution in [3.8, 4) is 0 Å². The third kappa shape index (κ3) is 4.41. The lowest BCUT2D eigenvalue weighted by Crippen LogP contribution is -2.24.